The Morgan fingerprint density at radius 3 is 2.78 bits per heavy atom. The summed E-state index contributed by atoms with van der Waals surface area (Å²) in [6.45, 7) is 3.31. The van der Waals surface area contributed by atoms with Gasteiger partial charge in [0.05, 0.1) is 6.42 Å². The fourth-order valence-electron chi connectivity index (χ4n) is 3.97. The Labute approximate surface area is 159 Å². The molecule has 2 aromatic rings. The van der Waals surface area contributed by atoms with E-state index in [-0.39, 0.29) is 18.1 Å². The first-order valence-electron chi connectivity index (χ1n) is 9.64. The quantitative estimate of drug-likeness (QED) is 0.836. The number of carbonyl (C=O) groups is 1. The molecule has 1 aromatic heterocycles. The number of hydrogen-bond acceptors (Lipinski definition) is 4. The highest BCUT2D eigenvalue weighted by atomic mass is 19.1. The molecule has 2 aliphatic heterocycles. The topological polar surface area (TPSA) is 49.3 Å². The number of fused-ring (bicyclic) bond motifs is 1. The Bertz CT molecular complexity index is 833. The van der Waals surface area contributed by atoms with Crippen molar-refractivity contribution in [3.63, 3.8) is 0 Å². The van der Waals surface area contributed by atoms with Gasteiger partial charge in [-0.3, -0.25) is 4.79 Å². The highest BCUT2D eigenvalue weighted by Crippen LogP contribution is 2.27. The number of piperidine rings is 1. The van der Waals surface area contributed by atoms with Crippen LogP contribution in [0.3, 0.4) is 0 Å². The number of carbonyl (C=O) groups excluding carboxylic acids is 1. The smallest absolute Gasteiger partial charge is 0.227 e. The molecule has 3 heterocycles. The van der Waals surface area contributed by atoms with Gasteiger partial charge in [-0.1, -0.05) is 18.2 Å². The zero-order valence-electron chi connectivity index (χ0n) is 15.7. The largest absolute Gasteiger partial charge is 0.342 e. The van der Waals surface area contributed by atoms with Gasteiger partial charge >= 0.3 is 0 Å². The van der Waals surface area contributed by atoms with Crippen LogP contribution in [0.5, 0.6) is 0 Å². The minimum absolute atomic E-state index is 0.00653. The number of amides is 1. The standard InChI is InChI=1S/C21H25FN4O/c1-25-9-8-19-17(14-25)13-23-21(24-19)15-6-10-26(11-7-15)20(27)12-16-4-2-3-5-18(16)22/h2-5,13,15H,6-12,14H2,1H3. The maximum atomic E-state index is 13.8. The summed E-state index contributed by atoms with van der Waals surface area (Å²) in [7, 11) is 2.12. The van der Waals surface area contributed by atoms with E-state index in [1.165, 1.54) is 17.3 Å². The van der Waals surface area contributed by atoms with Crippen LogP contribution in [0, 0.1) is 5.82 Å². The lowest BCUT2D eigenvalue weighted by Gasteiger charge is -2.32. The summed E-state index contributed by atoms with van der Waals surface area (Å²) in [5.41, 5.74) is 2.87. The Balaban J connectivity index is 1.36. The molecule has 0 atom stereocenters. The zero-order chi connectivity index (χ0) is 18.8. The number of halogens is 1. The van der Waals surface area contributed by atoms with Crippen molar-refractivity contribution < 1.29 is 9.18 Å². The van der Waals surface area contributed by atoms with E-state index in [2.05, 4.69) is 16.9 Å². The Morgan fingerprint density at radius 2 is 2.00 bits per heavy atom. The van der Waals surface area contributed by atoms with Gasteiger partial charge in [-0.25, -0.2) is 14.4 Å². The Kier molecular flexibility index (Phi) is 5.16. The molecule has 0 spiro atoms. The van der Waals surface area contributed by atoms with Crippen molar-refractivity contribution in [1.29, 1.82) is 0 Å². The molecule has 6 heteroatoms. The lowest BCUT2D eigenvalue weighted by molar-refractivity contribution is -0.131. The van der Waals surface area contributed by atoms with Crippen LogP contribution in [0.15, 0.2) is 30.5 Å². The summed E-state index contributed by atoms with van der Waals surface area (Å²) in [4.78, 5) is 26.1. The van der Waals surface area contributed by atoms with Gasteiger partial charge in [0, 0.05) is 56.0 Å². The third kappa shape index (κ3) is 4.00. The second kappa shape index (κ2) is 7.72. The van der Waals surface area contributed by atoms with Crippen molar-refractivity contribution in [1.82, 2.24) is 19.8 Å². The van der Waals surface area contributed by atoms with Gasteiger partial charge in [-0.2, -0.15) is 0 Å². The van der Waals surface area contributed by atoms with Crippen LogP contribution in [-0.2, 0) is 24.2 Å². The monoisotopic (exact) mass is 368 g/mol. The van der Waals surface area contributed by atoms with Crippen molar-refractivity contribution >= 4 is 5.91 Å². The number of aromatic nitrogens is 2. The van der Waals surface area contributed by atoms with Crippen LogP contribution >= 0.6 is 0 Å². The lowest BCUT2D eigenvalue weighted by atomic mass is 9.95. The molecule has 142 valence electrons. The maximum Gasteiger partial charge on any atom is 0.227 e. The fraction of sp³-hybridized carbons (Fsp3) is 0.476. The van der Waals surface area contributed by atoms with Crippen LogP contribution < -0.4 is 0 Å². The van der Waals surface area contributed by atoms with Crippen LogP contribution in [0.4, 0.5) is 4.39 Å². The third-order valence-corrected chi connectivity index (χ3v) is 5.66. The molecule has 0 N–H and O–H groups in total. The van der Waals surface area contributed by atoms with Crippen molar-refractivity contribution in [3.8, 4) is 0 Å². The molecule has 0 radical (unpaired) electrons. The molecule has 1 fully saturated rings. The minimum atomic E-state index is -0.311. The van der Waals surface area contributed by atoms with Crippen molar-refractivity contribution in [2.24, 2.45) is 0 Å². The predicted molar refractivity (Wildman–Crippen MR) is 101 cm³/mol. The number of nitrogens with zero attached hydrogens (tertiary/aromatic N) is 4. The van der Waals surface area contributed by atoms with Crippen molar-refractivity contribution in [3.05, 3.63) is 58.9 Å². The number of likely N-dealkylation sites (N-methyl/N-ethyl adjacent to an activating group) is 1. The van der Waals surface area contributed by atoms with E-state index < -0.39 is 0 Å². The van der Waals surface area contributed by atoms with Crippen molar-refractivity contribution in [2.75, 3.05) is 26.7 Å². The Morgan fingerprint density at radius 1 is 1.22 bits per heavy atom. The highest BCUT2D eigenvalue weighted by Gasteiger charge is 2.27. The van der Waals surface area contributed by atoms with Crippen LogP contribution in [0.1, 0.15) is 41.4 Å². The molecule has 0 aliphatic carbocycles. The van der Waals surface area contributed by atoms with E-state index in [1.54, 1.807) is 18.2 Å². The second-order valence-electron chi connectivity index (χ2n) is 7.61. The average molecular weight is 368 g/mol. The van der Waals surface area contributed by atoms with Gasteiger partial charge < -0.3 is 9.80 Å². The van der Waals surface area contributed by atoms with Crippen LogP contribution in [0.2, 0.25) is 0 Å². The minimum Gasteiger partial charge on any atom is -0.342 e. The summed E-state index contributed by atoms with van der Waals surface area (Å²) in [6.07, 6.45) is 4.80. The molecule has 2 aliphatic rings. The summed E-state index contributed by atoms with van der Waals surface area (Å²) < 4.78 is 13.8. The summed E-state index contributed by atoms with van der Waals surface area (Å²) in [5, 5.41) is 0. The molecule has 1 amide bonds. The molecular formula is C21H25FN4O. The van der Waals surface area contributed by atoms with E-state index in [4.69, 9.17) is 4.98 Å². The summed E-state index contributed by atoms with van der Waals surface area (Å²) in [6, 6.07) is 6.49. The number of hydrogen-bond donors (Lipinski definition) is 0. The van der Waals surface area contributed by atoms with Gasteiger partial charge in [-0.05, 0) is 31.5 Å². The van der Waals surface area contributed by atoms with E-state index in [0.717, 1.165) is 38.2 Å². The van der Waals surface area contributed by atoms with Crippen LogP contribution in [-0.4, -0.2) is 52.4 Å². The lowest BCUT2D eigenvalue weighted by Crippen LogP contribution is -2.39. The SMILES string of the molecule is CN1CCc2nc(C3CCN(C(=O)Cc4ccccc4F)CC3)ncc2C1. The van der Waals surface area contributed by atoms with E-state index in [1.807, 2.05) is 11.1 Å². The maximum absolute atomic E-state index is 13.8. The molecule has 0 unspecified atom stereocenters. The second-order valence-corrected chi connectivity index (χ2v) is 7.61. The molecule has 1 aromatic carbocycles. The van der Waals surface area contributed by atoms with E-state index in [0.29, 0.717) is 24.6 Å². The molecule has 0 saturated carbocycles. The summed E-state index contributed by atoms with van der Waals surface area (Å²) >= 11 is 0. The van der Waals surface area contributed by atoms with Crippen molar-refractivity contribution in [2.45, 2.75) is 38.1 Å². The van der Waals surface area contributed by atoms with Gasteiger partial charge in [0.2, 0.25) is 5.91 Å². The summed E-state index contributed by atoms with van der Waals surface area (Å²) in [5.74, 6) is 0.897. The molecule has 5 nitrogen and oxygen atoms in total. The predicted octanol–water partition coefficient (Wildman–Crippen LogP) is 2.55. The van der Waals surface area contributed by atoms with Crippen LogP contribution in [0.25, 0.3) is 0 Å². The van der Waals surface area contributed by atoms with Gasteiger partial charge in [0.15, 0.2) is 0 Å². The first-order chi connectivity index (χ1) is 13.1. The first kappa shape index (κ1) is 18.0. The van der Waals surface area contributed by atoms with Gasteiger partial charge in [0.1, 0.15) is 11.6 Å². The normalized spacial score (nSPS) is 18.4. The third-order valence-electron chi connectivity index (χ3n) is 5.66. The Hall–Kier alpha value is -2.34. The number of rotatable bonds is 3. The molecule has 1 saturated heterocycles. The van der Waals surface area contributed by atoms with Gasteiger partial charge in [0.25, 0.3) is 0 Å². The fourth-order valence-corrected chi connectivity index (χ4v) is 3.97. The highest BCUT2D eigenvalue weighted by molar-refractivity contribution is 5.78. The van der Waals surface area contributed by atoms with E-state index in [9.17, 15) is 9.18 Å². The number of benzene rings is 1. The number of likely N-dealkylation sites (tertiary alicyclic amines) is 1. The molecule has 27 heavy (non-hydrogen) atoms. The first-order valence-corrected chi connectivity index (χ1v) is 9.64. The van der Waals surface area contributed by atoms with E-state index >= 15 is 0 Å². The molecule has 0 bridgehead atoms. The zero-order valence-corrected chi connectivity index (χ0v) is 15.7. The average Bonchev–Trinajstić information content (AvgIpc) is 2.69. The molecular weight excluding hydrogens is 343 g/mol. The molecule has 4 rings (SSSR count). The van der Waals surface area contributed by atoms with Gasteiger partial charge in [-0.15, -0.1) is 0 Å².